The summed E-state index contributed by atoms with van der Waals surface area (Å²) in [6, 6.07) is 10.8. The molecule has 3 aromatic rings. The van der Waals surface area contributed by atoms with Crippen molar-refractivity contribution in [3.8, 4) is 5.75 Å². The second-order valence-electron chi connectivity index (χ2n) is 7.16. The molecule has 0 saturated heterocycles. The molecule has 1 aromatic heterocycles. The van der Waals surface area contributed by atoms with Gasteiger partial charge in [0.1, 0.15) is 5.75 Å². The molecular formula is C21H24ClN3O4S. The van der Waals surface area contributed by atoms with Gasteiger partial charge < -0.3 is 9.26 Å². The van der Waals surface area contributed by atoms with Crippen molar-refractivity contribution in [1.29, 1.82) is 0 Å². The van der Waals surface area contributed by atoms with E-state index in [9.17, 15) is 8.42 Å². The molecule has 7 nitrogen and oxygen atoms in total. The number of ether oxygens (including phenoxy) is 1. The molecule has 0 saturated carbocycles. The Morgan fingerprint density at radius 1 is 1.13 bits per heavy atom. The number of sulfonamides is 1. The molecule has 0 fully saturated rings. The summed E-state index contributed by atoms with van der Waals surface area (Å²) in [5.74, 6) is 1.48. The Kier molecular flexibility index (Phi) is 6.80. The van der Waals surface area contributed by atoms with Crippen molar-refractivity contribution in [3.05, 3.63) is 69.8 Å². The van der Waals surface area contributed by atoms with Crippen molar-refractivity contribution >= 4 is 21.6 Å². The minimum absolute atomic E-state index is 0.145. The fraction of sp³-hybridized carbons (Fsp3) is 0.333. The first kappa shape index (κ1) is 22.3. The molecule has 0 atom stereocenters. The van der Waals surface area contributed by atoms with Gasteiger partial charge in [-0.1, -0.05) is 28.9 Å². The van der Waals surface area contributed by atoms with Crippen molar-refractivity contribution in [2.24, 2.45) is 0 Å². The maximum absolute atomic E-state index is 12.8. The summed E-state index contributed by atoms with van der Waals surface area (Å²) in [6.45, 7) is 6.03. The topological polar surface area (TPSA) is 85.5 Å². The van der Waals surface area contributed by atoms with E-state index in [1.54, 1.807) is 25.1 Å². The van der Waals surface area contributed by atoms with E-state index in [-0.39, 0.29) is 18.0 Å². The summed E-state index contributed by atoms with van der Waals surface area (Å²) in [4.78, 5) is 4.47. The fourth-order valence-electron chi connectivity index (χ4n) is 3.02. The van der Waals surface area contributed by atoms with Gasteiger partial charge in [-0.2, -0.15) is 4.98 Å². The van der Waals surface area contributed by atoms with Crippen molar-refractivity contribution in [2.45, 2.75) is 38.7 Å². The molecule has 0 aliphatic carbocycles. The number of halogens is 1. The third-order valence-corrected chi connectivity index (χ3v) is 7.03. The predicted octanol–water partition coefficient (Wildman–Crippen LogP) is 4.09. The lowest BCUT2D eigenvalue weighted by Gasteiger charge is -2.18. The number of benzene rings is 2. The van der Waals surface area contributed by atoms with Gasteiger partial charge in [0.2, 0.25) is 10.0 Å². The SMILES string of the molecule is Cc1cc(C)cc(OCc2nc(CCN(C)S(=O)(=O)c3cccc(Cl)c3C)no2)c1. The monoisotopic (exact) mass is 449 g/mol. The van der Waals surface area contributed by atoms with E-state index in [0.717, 1.165) is 16.9 Å². The zero-order valence-electron chi connectivity index (χ0n) is 17.3. The molecule has 160 valence electrons. The number of hydrogen-bond donors (Lipinski definition) is 0. The number of likely N-dealkylation sites (N-methyl/N-ethyl adjacent to an activating group) is 1. The molecule has 0 N–H and O–H groups in total. The van der Waals surface area contributed by atoms with E-state index >= 15 is 0 Å². The van der Waals surface area contributed by atoms with Crippen LogP contribution >= 0.6 is 11.6 Å². The van der Waals surface area contributed by atoms with Crippen LogP contribution in [0, 0.1) is 20.8 Å². The second-order valence-corrected chi connectivity index (χ2v) is 9.58. The Hall–Kier alpha value is -2.42. The van der Waals surface area contributed by atoms with Crippen LogP contribution in [0.2, 0.25) is 5.02 Å². The molecule has 0 radical (unpaired) electrons. The Morgan fingerprint density at radius 2 is 1.83 bits per heavy atom. The summed E-state index contributed by atoms with van der Waals surface area (Å²) in [5.41, 5.74) is 2.74. The highest BCUT2D eigenvalue weighted by Gasteiger charge is 2.24. The number of rotatable bonds is 8. The minimum Gasteiger partial charge on any atom is -0.484 e. The van der Waals surface area contributed by atoms with Crippen molar-refractivity contribution in [2.75, 3.05) is 13.6 Å². The average molecular weight is 450 g/mol. The number of aryl methyl sites for hydroxylation is 2. The molecule has 1 heterocycles. The first-order chi connectivity index (χ1) is 14.2. The summed E-state index contributed by atoms with van der Waals surface area (Å²) in [7, 11) is -2.16. The van der Waals surface area contributed by atoms with Gasteiger partial charge in [-0.15, -0.1) is 0 Å². The third-order valence-electron chi connectivity index (χ3n) is 4.62. The van der Waals surface area contributed by atoms with E-state index in [2.05, 4.69) is 16.2 Å². The molecule has 0 aliphatic rings. The summed E-state index contributed by atoms with van der Waals surface area (Å²) < 4.78 is 37.8. The van der Waals surface area contributed by atoms with Crippen molar-refractivity contribution in [1.82, 2.24) is 14.4 Å². The van der Waals surface area contributed by atoms with Crippen LogP contribution < -0.4 is 4.74 Å². The molecule has 3 rings (SSSR count). The van der Waals surface area contributed by atoms with Crippen LogP contribution in [0.3, 0.4) is 0 Å². The Labute approximate surface area is 181 Å². The van der Waals surface area contributed by atoms with E-state index in [1.807, 2.05) is 26.0 Å². The molecule has 0 spiro atoms. The lowest BCUT2D eigenvalue weighted by Crippen LogP contribution is -2.29. The van der Waals surface area contributed by atoms with Gasteiger partial charge in [-0.3, -0.25) is 0 Å². The normalized spacial score (nSPS) is 11.8. The van der Waals surface area contributed by atoms with Gasteiger partial charge in [0.25, 0.3) is 5.89 Å². The van der Waals surface area contributed by atoms with E-state index in [0.29, 0.717) is 28.7 Å². The lowest BCUT2D eigenvalue weighted by molar-refractivity contribution is 0.242. The van der Waals surface area contributed by atoms with Crippen LogP contribution in [0.5, 0.6) is 5.75 Å². The fourth-order valence-corrected chi connectivity index (χ4v) is 4.67. The molecule has 0 unspecified atom stereocenters. The molecule has 0 aliphatic heterocycles. The van der Waals surface area contributed by atoms with Gasteiger partial charge in [0.05, 0.1) is 4.90 Å². The highest BCUT2D eigenvalue weighted by molar-refractivity contribution is 7.89. The third kappa shape index (κ3) is 5.19. The number of nitrogens with zero attached hydrogens (tertiary/aromatic N) is 3. The van der Waals surface area contributed by atoms with Gasteiger partial charge >= 0.3 is 0 Å². The van der Waals surface area contributed by atoms with E-state index in [4.69, 9.17) is 20.9 Å². The van der Waals surface area contributed by atoms with Crippen molar-refractivity contribution < 1.29 is 17.7 Å². The van der Waals surface area contributed by atoms with Gasteiger partial charge in [-0.25, -0.2) is 12.7 Å². The molecular weight excluding hydrogens is 426 g/mol. The Morgan fingerprint density at radius 3 is 2.53 bits per heavy atom. The smallest absolute Gasteiger partial charge is 0.264 e. The maximum atomic E-state index is 12.8. The van der Waals surface area contributed by atoms with Crippen LogP contribution in [-0.2, 0) is 23.1 Å². The number of aromatic nitrogens is 2. The number of hydrogen-bond acceptors (Lipinski definition) is 6. The van der Waals surface area contributed by atoms with Gasteiger partial charge in [0, 0.05) is 25.0 Å². The highest BCUT2D eigenvalue weighted by Crippen LogP contribution is 2.25. The van der Waals surface area contributed by atoms with Gasteiger partial charge in [-0.05, 0) is 61.7 Å². The quantitative estimate of drug-likeness (QED) is 0.514. The predicted molar refractivity (Wildman–Crippen MR) is 114 cm³/mol. The van der Waals surface area contributed by atoms with Crippen LogP contribution in [0.1, 0.15) is 28.4 Å². The first-order valence-electron chi connectivity index (χ1n) is 9.41. The molecule has 0 bridgehead atoms. The summed E-state index contributed by atoms with van der Waals surface area (Å²) >= 11 is 6.06. The lowest BCUT2D eigenvalue weighted by atomic mass is 10.1. The van der Waals surface area contributed by atoms with Crippen molar-refractivity contribution in [3.63, 3.8) is 0 Å². The highest BCUT2D eigenvalue weighted by atomic mass is 35.5. The minimum atomic E-state index is -3.67. The zero-order valence-corrected chi connectivity index (χ0v) is 18.9. The second kappa shape index (κ2) is 9.16. The summed E-state index contributed by atoms with van der Waals surface area (Å²) in [5, 5.41) is 4.33. The first-order valence-corrected chi connectivity index (χ1v) is 11.2. The van der Waals surface area contributed by atoms with Crippen LogP contribution in [0.15, 0.2) is 45.8 Å². The molecule has 2 aromatic carbocycles. The van der Waals surface area contributed by atoms with E-state index in [1.165, 1.54) is 11.4 Å². The van der Waals surface area contributed by atoms with Crippen LogP contribution in [-0.4, -0.2) is 36.5 Å². The summed E-state index contributed by atoms with van der Waals surface area (Å²) in [6.07, 6.45) is 0.308. The average Bonchev–Trinajstić information content (AvgIpc) is 3.13. The molecule has 9 heteroatoms. The zero-order chi connectivity index (χ0) is 21.9. The largest absolute Gasteiger partial charge is 0.484 e. The van der Waals surface area contributed by atoms with Gasteiger partial charge in [0.15, 0.2) is 12.4 Å². The Bertz CT molecular complexity index is 1120. The maximum Gasteiger partial charge on any atom is 0.264 e. The standard InChI is InChI=1S/C21H24ClN3O4S/c1-14-10-15(2)12-17(11-14)28-13-21-23-20(24-29-21)8-9-25(4)30(26,27)19-7-5-6-18(22)16(19)3/h5-7,10-12H,8-9,13H2,1-4H3. The van der Waals surface area contributed by atoms with Crippen LogP contribution in [0.4, 0.5) is 0 Å². The molecule has 0 amide bonds. The molecule has 30 heavy (non-hydrogen) atoms. The van der Waals surface area contributed by atoms with Crippen LogP contribution in [0.25, 0.3) is 0 Å². The van der Waals surface area contributed by atoms with E-state index < -0.39 is 10.0 Å². The Balaban J connectivity index is 1.60.